The van der Waals surface area contributed by atoms with Crippen molar-refractivity contribution in [2.45, 2.75) is 90.3 Å². The summed E-state index contributed by atoms with van der Waals surface area (Å²) in [6, 6.07) is 11.1. The average Bonchev–Trinajstić information content (AvgIpc) is 3.27. The first-order valence-corrected chi connectivity index (χ1v) is 13.7. The fourth-order valence-electron chi connectivity index (χ4n) is 5.71. The molecule has 0 bridgehead atoms. The van der Waals surface area contributed by atoms with Gasteiger partial charge < -0.3 is 20.1 Å². The summed E-state index contributed by atoms with van der Waals surface area (Å²) in [7, 11) is 2.06. The molecule has 2 unspecified atom stereocenters. The number of aromatic hydroxyl groups is 1. The molecule has 2 N–H and O–H groups in total. The van der Waals surface area contributed by atoms with Crippen LogP contribution in [-0.4, -0.2) is 68.3 Å². The highest BCUT2D eigenvalue weighted by molar-refractivity contribution is 5.74. The number of hydrogen-bond acceptors (Lipinski definition) is 7. The van der Waals surface area contributed by atoms with E-state index in [1.165, 1.54) is 4.80 Å². The smallest absolute Gasteiger partial charge is 0.306 e. The van der Waals surface area contributed by atoms with Crippen molar-refractivity contribution >= 4 is 17.0 Å². The molecule has 0 amide bonds. The van der Waals surface area contributed by atoms with E-state index in [4.69, 9.17) is 4.74 Å². The summed E-state index contributed by atoms with van der Waals surface area (Å²) in [6.07, 6.45) is 1.14. The SMILES string of the molecule is CN1C(C)(C)C[NH+]([O-])C(CCOC(=O)CCc2cc(-n3nc4ccccc4n3)c(O)c(C(C)(C)C)c2)C1(C)C. The van der Waals surface area contributed by atoms with E-state index in [1.54, 1.807) is 0 Å². The summed E-state index contributed by atoms with van der Waals surface area (Å²) >= 11 is 0. The quantitative estimate of drug-likeness (QED) is 0.351. The molecular weight excluding hydrogens is 494 g/mol. The number of hydrogen-bond donors (Lipinski definition) is 2. The molecule has 212 valence electrons. The second kappa shape index (κ2) is 10.5. The highest BCUT2D eigenvalue weighted by Gasteiger charge is 2.49. The van der Waals surface area contributed by atoms with Gasteiger partial charge in [0.2, 0.25) is 0 Å². The van der Waals surface area contributed by atoms with E-state index in [9.17, 15) is 15.1 Å². The molecule has 1 aliphatic rings. The van der Waals surface area contributed by atoms with Gasteiger partial charge in [0.25, 0.3) is 0 Å². The maximum atomic E-state index is 12.9. The van der Waals surface area contributed by atoms with E-state index in [0.717, 1.165) is 22.2 Å². The highest BCUT2D eigenvalue weighted by atomic mass is 16.5. The number of nitrogens with one attached hydrogen (secondary N) is 1. The number of rotatable bonds is 7. The first-order valence-electron chi connectivity index (χ1n) is 13.7. The molecular formula is C30H43N5O4. The van der Waals surface area contributed by atoms with Crippen molar-refractivity contribution in [3.8, 4) is 11.4 Å². The summed E-state index contributed by atoms with van der Waals surface area (Å²) in [5.74, 6) is -0.179. The van der Waals surface area contributed by atoms with Gasteiger partial charge in [0.1, 0.15) is 28.5 Å². The zero-order valence-corrected chi connectivity index (χ0v) is 24.5. The van der Waals surface area contributed by atoms with Gasteiger partial charge in [-0.25, -0.2) is 0 Å². The number of piperazine rings is 1. The second-order valence-electron chi connectivity index (χ2n) is 13.0. The Bertz CT molecular complexity index is 1310. The van der Waals surface area contributed by atoms with Crippen molar-refractivity contribution in [1.29, 1.82) is 0 Å². The van der Waals surface area contributed by atoms with Gasteiger partial charge in [-0.05, 0) is 70.3 Å². The van der Waals surface area contributed by atoms with Gasteiger partial charge in [-0.3, -0.25) is 9.69 Å². The summed E-state index contributed by atoms with van der Waals surface area (Å²) in [4.78, 5) is 16.4. The Kier molecular flexibility index (Phi) is 7.82. The third-order valence-electron chi connectivity index (χ3n) is 8.37. The third-order valence-corrected chi connectivity index (χ3v) is 8.37. The van der Waals surface area contributed by atoms with Crippen LogP contribution in [0, 0.1) is 5.21 Å². The number of likely N-dealkylation sites (N-methyl/N-ethyl adjacent to an activating group) is 1. The van der Waals surface area contributed by atoms with Crippen LogP contribution in [-0.2, 0) is 21.4 Å². The molecule has 9 nitrogen and oxygen atoms in total. The van der Waals surface area contributed by atoms with Gasteiger partial charge in [0, 0.05) is 18.4 Å². The van der Waals surface area contributed by atoms with Crippen molar-refractivity contribution in [1.82, 2.24) is 19.9 Å². The van der Waals surface area contributed by atoms with Crippen LogP contribution in [0.2, 0.25) is 0 Å². The molecule has 1 aliphatic heterocycles. The number of aromatic nitrogens is 3. The van der Waals surface area contributed by atoms with E-state index >= 15 is 0 Å². The summed E-state index contributed by atoms with van der Waals surface area (Å²) < 4.78 is 5.58. The number of fused-ring (bicyclic) bond motifs is 1. The minimum Gasteiger partial charge on any atom is -0.634 e. The fraction of sp³-hybridized carbons (Fsp3) is 0.567. The summed E-state index contributed by atoms with van der Waals surface area (Å²) in [6.45, 7) is 15.2. The Morgan fingerprint density at radius 1 is 1.15 bits per heavy atom. The lowest BCUT2D eigenvalue weighted by molar-refractivity contribution is -0.896. The Hall–Kier alpha value is -3.01. The predicted molar refractivity (Wildman–Crippen MR) is 152 cm³/mol. The molecule has 0 saturated carbocycles. The molecule has 1 fully saturated rings. The number of ether oxygens (including phenoxy) is 1. The molecule has 4 rings (SSSR count). The predicted octanol–water partition coefficient (Wildman–Crippen LogP) is 3.54. The Labute approximate surface area is 231 Å². The van der Waals surface area contributed by atoms with Gasteiger partial charge in [-0.15, -0.1) is 15.0 Å². The van der Waals surface area contributed by atoms with E-state index in [1.807, 2.05) is 57.2 Å². The fourth-order valence-corrected chi connectivity index (χ4v) is 5.71. The number of benzene rings is 2. The number of carbonyl (C=O) groups excluding carboxylic acids is 1. The lowest BCUT2D eigenvalue weighted by Crippen LogP contribution is -3.18. The molecule has 3 aromatic rings. The molecule has 0 spiro atoms. The molecule has 0 radical (unpaired) electrons. The van der Waals surface area contributed by atoms with E-state index in [0.29, 0.717) is 25.1 Å². The summed E-state index contributed by atoms with van der Waals surface area (Å²) in [5.41, 5.74) is 2.75. The largest absolute Gasteiger partial charge is 0.634 e. The van der Waals surface area contributed by atoms with E-state index in [2.05, 4.69) is 49.8 Å². The zero-order valence-electron chi connectivity index (χ0n) is 24.5. The number of carbonyl (C=O) groups is 1. The van der Waals surface area contributed by atoms with Crippen molar-refractivity contribution in [3.05, 3.63) is 52.7 Å². The maximum Gasteiger partial charge on any atom is 0.306 e. The third kappa shape index (κ3) is 5.95. The molecule has 2 heterocycles. The highest BCUT2D eigenvalue weighted by Crippen LogP contribution is 2.36. The van der Waals surface area contributed by atoms with Crippen LogP contribution < -0.4 is 5.06 Å². The molecule has 9 heteroatoms. The number of phenolic OH excluding ortho intramolecular Hbond substituents is 1. The zero-order chi connectivity index (χ0) is 28.8. The number of nitrogens with zero attached hydrogens (tertiary/aromatic N) is 4. The molecule has 2 atom stereocenters. The monoisotopic (exact) mass is 537 g/mol. The van der Waals surface area contributed by atoms with Gasteiger partial charge in [-0.2, -0.15) is 0 Å². The topological polar surface area (TPSA) is 108 Å². The lowest BCUT2D eigenvalue weighted by Gasteiger charge is -2.58. The number of esters is 1. The number of aryl methyl sites for hydroxylation is 1. The van der Waals surface area contributed by atoms with Gasteiger partial charge in [0.15, 0.2) is 0 Å². The van der Waals surface area contributed by atoms with Crippen molar-refractivity contribution < 1.29 is 19.7 Å². The minimum absolute atomic E-state index is 0.127. The molecule has 1 saturated heterocycles. The van der Waals surface area contributed by atoms with Crippen LogP contribution in [0.5, 0.6) is 5.75 Å². The van der Waals surface area contributed by atoms with Crippen molar-refractivity contribution in [3.63, 3.8) is 0 Å². The van der Waals surface area contributed by atoms with Crippen LogP contribution in [0.1, 0.15) is 72.4 Å². The number of phenols is 1. The molecule has 1 aromatic heterocycles. The van der Waals surface area contributed by atoms with Gasteiger partial charge >= 0.3 is 5.97 Å². The maximum absolute atomic E-state index is 12.9. The van der Waals surface area contributed by atoms with Crippen molar-refractivity contribution in [2.24, 2.45) is 0 Å². The number of quaternary nitrogens is 1. The van der Waals surface area contributed by atoms with Crippen LogP contribution >= 0.6 is 0 Å². The molecule has 0 aliphatic carbocycles. The Morgan fingerprint density at radius 2 is 1.77 bits per heavy atom. The first-order chi connectivity index (χ1) is 18.1. The van der Waals surface area contributed by atoms with Gasteiger partial charge in [0.05, 0.1) is 24.2 Å². The van der Waals surface area contributed by atoms with Gasteiger partial charge in [-0.1, -0.05) is 39.0 Å². The molecule has 2 aromatic carbocycles. The lowest BCUT2D eigenvalue weighted by atomic mass is 9.82. The standard InChI is InChI=1S/C30H43N5O4/c1-28(2,3)21-17-20(18-24(27(21)37)35-31-22-11-9-10-12-23(22)32-35)13-14-26(36)39-16-15-25-30(6,7)33(8)29(4,5)19-34(25)38/h9-12,17-18,25,34,37H,13-16,19H2,1-8H3. The minimum atomic E-state index is -0.330. The second-order valence-corrected chi connectivity index (χ2v) is 13.0. The van der Waals surface area contributed by atoms with Crippen LogP contribution in [0.25, 0.3) is 16.7 Å². The van der Waals surface area contributed by atoms with Crippen LogP contribution in [0.3, 0.4) is 0 Å². The van der Waals surface area contributed by atoms with Crippen molar-refractivity contribution in [2.75, 3.05) is 20.2 Å². The first kappa shape index (κ1) is 29.0. The normalized spacial score (nSPS) is 21.3. The average molecular weight is 538 g/mol. The summed E-state index contributed by atoms with van der Waals surface area (Å²) in [5, 5.41) is 33.4. The van der Waals surface area contributed by atoms with Crippen LogP contribution in [0.4, 0.5) is 0 Å². The molecule has 39 heavy (non-hydrogen) atoms. The van der Waals surface area contributed by atoms with E-state index < -0.39 is 0 Å². The Morgan fingerprint density at radius 3 is 2.36 bits per heavy atom. The Balaban J connectivity index is 1.44. The number of hydroxylamine groups is 2. The van der Waals surface area contributed by atoms with Crippen LogP contribution in [0.15, 0.2) is 36.4 Å². The van der Waals surface area contributed by atoms with E-state index in [-0.39, 0.29) is 52.3 Å².